The molecule has 0 saturated carbocycles. The van der Waals surface area contributed by atoms with Crippen LogP contribution >= 0.6 is 11.3 Å². The first-order chi connectivity index (χ1) is 26.8. The lowest BCUT2D eigenvalue weighted by Crippen LogP contribution is -2.12. The molecule has 2 heteroatoms. The van der Waals surface area contributed by atoms with Gasteiger partial charge in [-0.05, 0) is 86.1 Å². The Morgan fingerprint density at radius 1 is 0.315 bits per heavy atom. The highest BCUT2D eigenvalue weighted by molar-refractivity contribution is 7.26. The molecule has 1 aromatic heterocycles. The van der Waals surface area contributed by atoms with Gasteiger partial charge in [0.1, 0.15) is 0 Å². The maximum Gasteiger partial charge on any atom is 0.0640 e. The number of fused-ring (bicyclic) bond motifs is 4. The van der Waals surface area contributed by atoms with Crippen LogP contribution in [0, 0.1) is 0 Å². The number of nitrogens with zero attached hydrogens (tertiary/aromatic N) is 1. The quantitative estimate of drug-likeness (QED) is 0.160. The predicted octanol–water partition coefficient (Wildman–Crippen LogP) is 15.3. The fraction of sp³-hybridized carbons (Fsp3) is 0. The maximum absolute atomic E-state index is 2.49. The Hall–Kier alpha value is -6.74. The first kappa shape index (κ1) is 32.0. The van der Waals surface area contributed by atoms with Gasteiger partial charge in [0.15, 0.2) is 0 Å². The second kappa shape index (κ2) is 13.7. The Balaban J connectivity index is 1.25. The third-order valence-electron chi connectivity index (χ3n) is 10.5. The van der Waals surface area contributed by atoms with E-state index in [0.717, 1.165) is 17.1 Å². The van der Waals surface area contributed by atoms with Crippen LogP contribution in [0.1, 0.15) is 0 Å². The van der Waals surface area contributed by atoms with E-state index in [-0.39, 0.29) is 0 Å². The molecule has 0 N–H and O–H groups in total. The molecule has 0 aliphatic rings. The second-order valence-corrected chi connectivity index (χ2v) is 14.7. The van der Waals surface area contributed by atoms with Crippen molar-refractivity contribution in [2.24, 2.45) is 0 Å². The summed E-state index contributed by atoms with van der Waals surface area (Å²) in [4.78, 5) is 2.49. The van der Waals surface area contributed by atoms with E-state index < -0.39 is 0 Å². The third-order valence-corrected chi connectivity index (χ3v) is 11.7. The van der Waals surface area contributed by atoms with Gasteiger partial charge in [-0.15, -0.1) is 11.3 Å². The maximum atomic E-state index is 2.49. The van der Waals surface area contributed by atoms with Gasteiger partial charge in [0.05, 0.1) is 16.1 Å². The van der Waals surface area contributed by atoms with Gasteiger partial charge in [-0.3, -0.25) is 0 Å². The van der Waals surface area contributed by atoms with Crippen LogP contribution < -0.4 is 4.90 Å². The van der Waals surface area contributed by atoms with E-state index in [1.807, 2.05) is 11.3 Å². The van der Waals surface area contributed by atoms with Crippen LogP contribution in [0.4, 0.5) is 17.1 Å². The molecule has 254 valence electrons. The molecule has 10 rings (SSSR count). The number of rotatable bonds is 7. The van der Waals surface area contributed by atoms with E-state index in [2.05, 4.69) is 217 Å². The van der Waals surface area contributed by atoms with Gasteiger partial charge in [-0.25, -0.2) is 0 Å². The number of hydrogen-bond donors (Lipinski definition) is 0. The molecule has 0 amide bonds. The molecule has 0 spiro atoms. The van der Waals surface area contributed by atoms with E-state index in [0.29, 0.717) is 0 Å². The summed E-state index contributed by atoms with van der Waals surface area (Å²) in [6.45, 7) is 0. The van der Waals surface area contributed by atoms with E-state index in [4.69, 9.17) is 0 Å². The molecule has 0 unspecified atom stereocenters. The van der Waals surface area contributed by atoms with Crippen molar-refractivity contribution in [1.29, 1.82) is 0 Å². The van der Waals surface area contributed by atoms with Crippen LogP contribution in [0.25, 0.3) is 75.5 Å². The zero-order valence-electron chi connectivity index (χ0n) is 29.6. The van der Waals surface area contributed by atoms with E-state index in [9.17, 15) is 0 Å². The summed E-state index contributed by atoms with van der Waals surface area (Å²) in [5.41, 5.74) is 13.0. The summed E-state index contributed by atoms with van der Waals surface area (Å²) < 4.78 is 2.56. The summed E-state index contributed by atoms with van der Waals surface area (Å²) in [7, 11) is 0. The Bertz CT molecular complexity index is 2930. The van der Waals surface area contributed by atoms with Gasteiger partial charge in [0, 0.05) is 26.7 Å². The summed E-state index contributed by atoms with van der Waals surface area (Å²) in [5, 5.41) is 5.02. The Labute approximate surface area is 319 Å². The second-order valence-electron chi connectivity index (χ2n) is 13.7. The first-order valence-corrected chi connectivity index (χ1v) is 19.2. The van der Waals surface area contributed by atoms with Crippen molar-refractivity contribution in [3.05, 3.63) is 212 Å². The van der Waals surface area contributed by atoms with Crippen LogP contribution in [-0.4, -0.2) is 0 Å². The van der Waals surface area contributed by atoms with E-state index in [1.54, 1.807) is 0 Å². The average molecular weight is 706 g/mol. The SMILES string of the molecule is c1ccc(-c2ccc3cccc(-c4ccccc4N(c4ccc(-c5ccccc5)c(-c5ccccc5)c4)c4cccc5c4sc4ccccc45)c3c2)cc1. The Morgan fingerprint density at radius 3 is 1.72 bits per heavy atom. The molecule has 9 aromatic carbocycles. The van der Waals surface area contributed by atoms with Crippen molar-refractivity contribution >= 4 is 59.3 Å². The lowest BCUT2D eigenvalue weighted by molar-refractivity contribution is 1.30. The average Bonchev–Trinajstić information content (AvgIpc) is 3.64. The van der Waals surface area contributed by atoms with Crippen molar-refractivity contribution < 1.29 is 0 Å². The number of para-hydroxylation sites is 1. The van der Waals surface area contributed by atoms with Crippen LogP contribution in [-0.2, 0) is 0 Å². The highest BCUT2D eigenvalue weighted by atomic mass is 32.1. The number of thiophene rings is 1. The minimum Gasteiger partial charge on any atom is -0.308 e. The zero-order valence-corrected chi connectivity index (χ0v) is 30.4. The molecule has 0 aliphatic heterocycles. The first-order valence-electron chi connectivity index (χ1n) is 18.4. The summed E-state index contributed by atoms with van der Waals surface area (Å²) >= 11 is 1.87. The van der Waals surface area contributed by atoms with Crippen LogP contribution in [0.3, 0.4) is 0 Å². The summed E-state index contributed by atoms with van der Waals surface area (Å²) in [5.74, 6) is 0. The molecule has 1 nitrogen and oxygen atoms in total. The van der Waals surface area contributed by atoms with E-state index >= 15 is 0 Å². The standard InChI is InChI=1S/C52H35NS/c1-4-16-36(17-5-1)40-31-30-39-22-14-25-43(47(39)34-40)44-23-10-12-27-49(44)53(50-28-15-26-46-45-24-11-13-29-51(45)54-52(46)50)41-32-33-42(37-18-6-2-7-19-37)48(35-41)38-20-8-3-9-21-38/h1-35H. The van der Waals surface area contributed by atoms with Gasteiger partial charge in [0.25, 0.3) is 0 Å². The van der Waals surface area contributed by atoms with Gasteiger partial charge in [-0.2, -0.15) is 0 Å². The summed E-state index contributed by atoms with van der Waals surface area (Å²) in [6.07, 6.45) is 0. The topological polar surface area (TPSA) is 3.24 Å². The fourth-order valence-electron chi connectivity index (χ4n) is 7.93. The van der Waals surface area contributed by atoms with Gasteiger partial charge < -0.3 is 4.90 Å². The molecule has 0 atom stereocenters. The Kier molecular flexibility index (Phi) is 8.09. The minimum absolute atomic E-state index is 1.11. The smallest absolute Gasteiger partial charge is 0.0640 e. The van der Waals surface area contributed by atoms with Gasteiger partial charge in [-0.1, -0.05) is 176 Å². The molecule has 0 saturated heterocycles. The molecular weight excluding hydrogens is 671 g/mol. The molecule has 0 fully saturated rings. The molecule has 0 bridgehead atoms. The molecular formula is C52H35NS. The van der Waals surface area contributed by atoms with Crippen molar-refractivity contribution in [1.82, 2.24) is 0 Å². The van der Waals surface area contributed by atoms with Crippen molar-refractivity contribution in [3.63, 3.8) is 0 Å². The largest absolute Gasteiger partial charge is 0.308 e. The highest BCUT2D eigenvalue weighted by Gasteiger charge is 2.23. The lowest BCUT2D eigenvalue weighted by atomic mass is 9.92. The lowest BCUT2D eigenvalue weighted by Gasteiger charge is -2.29. The fourth-order valence-corrected chi connectivity index (χ4v) is 9.13. The van der Waals surface area contributed by atoms with Gasteiger partial charge >= 0.3 is 0 Å². The molecule has 1 heterocycles. The third kappa shape index (κ3) is 5.65. The molecule has 54 heavy (non-hydrogen) atoms. The number of benzene rings is 9. The van der Waals surface area contributed by atoms with Crippen LogP contribution in [0.15, 0.2) is 212 Å². The van der Waals surface area contributed by atoms with Gasteiger partial charge in [0.2, 0.25) is 0 Å². The van der Waals surface area contributed by atoms with Crippen LogP contribution in [0.5, 0.6) is 0 Å². The highest BCUT2D eigenvalue weighted by Crippen LogP contribution is 2.49. The molecule has 10 aromatic rings. The van der Waals surface area contributed by atoms with Crippen molar-refractivity contribution in [2.45, 2.75) is 0 Å². The molecule has 0 aliphatic carbocycles. The zero-order chi connectivity index (χ0) is 35.8. The molecule has 0 radical (unpaired) electrons. The van der Waals surface area contributed by atoms with E-state index in [1.165, 1.54) is 75.5 Å². The predicted molar refractivity (Wildman–Crippen MR) is 233 cm³/mol. The monoisotopic (exact) mass is 705 g/mol. The normalized spacial score (nSPS) is 11.3. The number of anilines is 3. The van der Waals surface area contributed by atoms with Crippen molar-refractivity contribution in [2.75, 3.05) is 4.90 Å². The minimum atomic E-state index is 1.11. The summed E-state index contributed by atoms with van der Waals surface area (Å²) in [6, 6.07) is 77.2. The van der Waals surface area contributed by atoms with Crippen LogP contribution in [0.2, 0.25) is 0 Å². The number of hydrogen-bond acceptors (Lipinski definition) is 2. The Morgan fingerprint density at radius 2 is 0.926 bits per heavy atom. The van der Waals surface area contributed by atoms with Crippen molar-refractivity contribution in [3.8, 4) is 44.5 Å².